The maximum atomic E-state index is 5.69. The van der Waals surface area contributed by atoms with Crippen LogP contribution >= 0.6 is 0 Å². The van der Waals surface area contributed by atoms with Crippen LogP contribution in [0.3, 0.4) is 0 Å². The van der Waals surface area contributed by atoms with Crippen LogP contribution < -0.4 is 11.1 Å². The standard InChI is InChI=1S/C18H19N3/c1-13-12-15-4-2-3-5-17(15)21-18(13)20-11-10-14-6-8-16(19)9-7-14/h2-9,12H,10-11,19H2,1H3,(H,20,21). The highest BCUT2D eigenvalue weighted by Crippen LogP contribution is 2.19. The molecule has 0 radical (unpaired) electrons. The summed E-state index contributed by atoms with van der Waals surface area (Å²) in [5.74, 6) is 0.962. The van der Waals surface area contributed by atoms with Gasteiger partial charge in [-0.25, -0.2) is 4.98 Å². The second kappa shape index (κ2) is 5.83. The van der Waals surface area contributed by atoms with Gasteiger partial charge in [0.1, 0.15) is 5.82 Å². The zero-order chi connectivity index (χ0) is 14.7. The number of fused-ring (bicyclic) bond motifs is 1. The monoisotopic (exact) mass is 277 g/mol. The predicted octanol–water partition coefficient (Wildman–Crippen LogP) is 3.78. The summed E-state index contributed by atoms with van der Waals surface area (Å²) in [4.78, 5) is 4.69. The molecule has 0 unspecified atom stereocenters. The van der Waals surface area contributed by atoms with Gasteiger partial charge in [0.2, 0.25) is 0 Å². The molecule has 0 aliphatic carbocycles. The maximum absolute atomic E-state index is 5.69. The van der Waals surface area contributed by atoms with Crippen LogP contribution in [0, 0.1) is 6.92 Å². The molecule has 0 amide bonds. The molecule has 0 spiro atoms. The van der Waals surface area contributed by atoms with Crippen molar-refractivity contribution in [3.63, 3.8) is 0 Å². The van der Waals surface area contributed by atoms with E-state index in [0.29, 0.717) is 0 Å². The fraction of sp³-hybridized carbons (Fsp3) is 0.167. The first-order chi connectivity index (χ1) is 10.2. The van der Waals surface area contributed by atoms with Crippen molar-refractivity contribution in [2.24, 2.45) is 0 Å². The number of anilines is 2. The Morgan fingerprint density at radius 3 is 2.62 bits per heavy atom. The number of nitrogen functional groups attached to an aromatic ring is 1. The van der Waals surface area contributed by atoms with E-state index < -0.39 is 0 Å². The summed E-state index contributed by atoms with van der Waals surface area (Å²) >= 11 is 0. The molecule has 3 N–H and O–H groups in total. The Bertz CT molecular complexity index is 748. The molecule has 0 saturated heterocycles. The smallest absolute Gasteiger partial charge is 0.129 e. The van der Waals surface area contributed by atoms with Gasteiger partial charge in [-0.1, -0.05) is 30.3 Å². The Kier molecular flexibility index (Phi) is 3.73. The minimum absolute atomic E-state index is 0.804. The molecule has 3 heteroatoms. The SMILES string of the molecule is Cc1cc2ccccc2nc1NCCc1ccc(N)cc1. The molecule has 0 aliphatic rings. The zero-order valence-corrected chi connectivity index (χ0v) is 12.1. The maximum Gasteiger partial charge on any atom is 0.129 e. The summed E-state index contributed by atoms with van der Waals surface area (Å²) in [6, 6.07) is 18.4. The average Bonchev–Trinajstić information content (AvgIpc) is 2.50. The quantitative estimate of drug-likeness (QED) is 0.713. The van der Waals surface area contributed by atoms with Crippen molar-refractivity contribution < 1.29 is 0 Å². The molecule has 0 aliphatic heterocycles. The van der Waals surface area contributed by atoms with Crippen LogP contribution in [-0.2, 0) is 6.42 Å². The Morgan fingerprint density at radius 1 is 1.05 bits per heavy atom. The van der Waals surface area contributed by atoms with Crippen molar-refractivity contribution in [2.45, 2.75) is 13.3 Å². The largest absolute Gasteiger partial charge is 0.399 e. The number of para-hydroxylation sites is 1. The molecule has 0 bridgehead atoms. The van der Waals surface area contributed by atoms with Crippen LogP contribution in [0.1, 0.15) is 11.1 Å². The van der Waals surface area contributed by atoms with Gasteiger partial charge in [0.25, 0.3) is 0 Å². The molecular weight excluding hydrogens is 258 g/mol. The number of hydrogen-bond acceptors (Lipinski definition) is 3. The van der Waals surface area contributed by atoms with Crippen molar-refractivity contribution in [1.29, 1.82) is 0 Å². The minimum atomic E-state index is 0.804. The van der Waals surface area contributed by atoms with Gasteiger partial charge in [0.15, 0.2) is 0 Å². The van der Waals surface area contributed by atoms with E-state index in [1.807, 2.05) is 30.3 Å². The fourth-order valence-electron chi connectivity index (χ4n) is 2.41. The lowest BCUT2D eigenvalue weighted by Gasteiger charge is -2.10. The number of hydrogen-bond donors (Lipinski definition) is 2. The first-order valence-electron chi connectivity index (χ1n) is 7.17. The third-order valence-corrected chi connectivity index (χ3v) is 3.60. The fourth-order valence-corrected chi connectivity index (χ4v) is 2.41. The molecule has 2 aromatic carbocycles. The molecule has 1 aromatic heterocycles. The van der Waals surface area contributed by atoms with E-state index in [0.717, 1.165) is 30.0 Å². The third-order valence-electron chi connectivity index (χ3n) is 3.60. The Morgan fingerprint density at radius 2 is 1.81 bits per heavy atom. The number of aryl methyl sites for hydroxylation is 1. The lowest BCUT2D eigenvalue weighted by Crippen LogP contribution is -2.07. The van der Waals surface area contributed by atoms with E-state index in [9.17, 15) is 0 Å². The van der Waals surface area contributed by atoms with Crippen molar-refractivity contribution in [1.82, 2.24) is 4.98 Å². The molecular formula is C18H19N3. The van der Waals surface area contributed by atoms with Crippen LogP contribution in [0.2, 0.25) is 0 Å². The highest BCUT2D eigenvalue weighted by atomic mass is 15.0. The second-order valence-electron chi connectivity index (χ2n) is 5.26. The van der Waals surface area contributed by atoms with Gasteiger partial charge >= 0.3 is 0 Å². The normalized spacial score (nSPS) is 10.7. The van der Waals surface area contributed by atoms with Crippen LogP contribution in [-0.4, -0.2) is 11.5 Å². The van der Waals surface area contributed by atoms with E-state index in [1.54, 1.807) is 0 Å². The molecule has 106 valence electrons. The average molecular weight is 277 g/mol. The number of aromatic nitrogens is 1. The van der Waals surface area contributed by atoms with Crippen LogP contribution in [0.4, 0.5) is 11.5 Å². The number of benzene rings is 2. The van der Waals surface area contributed by atoms with Crippen molar-refractivity contribution in [3.8, 4) is 0 Å². The predicted molar refractivity (Wildman–Crippen MR) is 89.5 cm³/mol. The van der Waals surface area contributed by atoms with Gasteiger partial charge in [-0.2, -0.15) is 0 Å². The van der Waals surface area contributed by atoms with Crippen LogP contribution in [0.25, 0.3) is 10.9 Å². The topological polar surface area (TPSA) is 50.9 Å². The molecule has 1 heterocycles. The minimum Gasteiger partial charge on any atom is -0.399 e. The van der Waals surface area contributed by atoms with Crippen LogP contribution in [0.15, 0.2) is 54.6 Å². The summed E-state index contributed by atoms with van der Waals surface area (Å²) in [7, 11) is 0. The van der Waals surface area contributed by atoms with Gasteiger partial charge in [0.05, 0.1) is 5.52 Å². The molecule has 21 heavy (non-hydrogen) atoms. The number of rotatable bonds is 4. The van der Waals surface area contributed by atoms with Gasteiger partial charge in [0, 0.05) is 17.6 Å². The molecule has 0 atom stereocenters. The number of nitrogens with zero attached hydrogens (tertiary/aromatic N) is 1. The van der Waals surface area contributed by atoms with E-state index in [-0.39, 0.29) is 0 Å². The lowest BCUT2D eigenvalue weighted by molar-refractivity contribution is 1.01. The molecule has 3 rings (SSSR count). The Labute approximate surface area is 124 Å². The molecule has 3 nitrogen and oxygen atoms in total. The van der Waals surface area contributed by atoms with Gasteiger partial charge in [-0.3, -0.25) is 0 Å². The van der Waals surface area contributed by atoms with Crippen molar-refractivity contribution in [3.05, 3.63) is 65.7 Å². The number of pyridine rings is 1. The first-order valence-corrected chi connectivity index (χ1v) is 7.17. The Hall–Kier alpha value is -2.55. The van der Waals surface area contributed by atoms with Crippen molar-refractivity contribution in [2.75, 3.05) is 17.6 Å². The lowest BCUT2D eigenvalue weighted by atomic mass is 10.1. The van der Waals surface area contributed by atoms with E-state index in [2.05, 4.69) is 41.5 Å². The highest BCUT2D eigenvalue weighted by molar-refractivity contribution is 5.81. The first kappa shape index (κ1) is 13.4. The third kappa shape index (κ3) is 3.14. The summed E-state index contributed by atoms with van der Waals surface area (Å²) < 4.78 is 0. The number of nitrogens with two attached hydrogens (primary N) is 1. The number of nitrogens with one attached hydrogen (secondary N) is 1. The highest BCUT2D eigenvalue weighted by Gasteiger charge is 2.02. The van der Waals surface area contributed by atoms with Gasteiger partial charge in [-0.15, -0.1) is 0 Å². The summed E-state index contributed by atoms with van der Waals surface area (Å²) in [5, 5.41) is 4.61. The van der Waals surface area contributed by atoms with Crippen molar-refractivity contribution >= 4 is 22.4 Å². The van der Waals surface area contributed by atoms with E-state index >= 15 is 0 Å². The molecule has 3 aromatic rings. The van der Waals surface area contributed by atoms with E-state index in [1.165, 1.54) is 16.5 Å². The van der Waals surface area contributed by atoms with Gasteiger partial charge in [-0.05, 0) is 48.7 Å². The van der Waals surface area contributed by atoms with Crippen LogP contribution in [0.5, 0.6) is 0 Å². The zero-order valence-electron chi connectivity index (χ0n) is 12.1. The summed E-state index contributed by atoms with van der Waals surface area (Å²) in [6.45, 7) is 2.95. The summed E-state index contributed by atoms with van der Waals surface area (Å²) in [5.41, 5.74) is 9.97. The molecule has 0 fully saturated rings. The molecule has 0 saturated carbocycles. The second-order valence-corrected chi connectivity index (χ2v) is 5.26. The van der Waals surface area contributed by atoms with E-state index in [4.69, 9.17) is 5.73 Å². The summed E-state index contributed by atoms with van der Waals surface area (Å²) in [6.07, 6.45) is 0.953. The van der Waals surface area contributed by atoms with Gasteiger partial charge < -0.3 is 11.1 Å². The Balaban J connectivity index is 1.70.